The fraction of sp³-hybridized carbons (Fsp3) is 0.778. The van der Waals surface area contributed by atoms with Crippen LogP contribution in [0.25, 0.3) is 0 Å². The Hall–Kier alpha value is -0.920. The van der Waals surface area contributed by atoms with Crippen molar-refractivity contribution in [3.8, 4) is 0 Å². The zero-order chi connectivity index (χ0) is 16.2. The van der Waals surface area contributed by atoms with Crippen molar-refractivity contribution < 1.29 is 0 Å². The molecule has 0 aromatic carbocycles. The van der Waals surface area contributed by atoms with E-state index in [-0.39, 0.29) is 6.17 Å². The van der Waals surface area contributed by atoms with Crippen LogP contribution in [0.1, 0.15) is 25.7 Å². The quantitative estimate of drug-likeness (QED) is 0.430. The highest BCUT2D eigenvalue weighted by atomic mass is 15.4. The molecule has 4 aliphatic heterocycles. The van der Waals surface area contributed by atoms with E-state index in [9.17, 15) is 0 Å². The maximum Gasteiger partial charge on any atom is 0.0857 e. The predicted molar refractivity (Wildman–Crippen MR) is 97.2 cm³/mol. The van der Waals surface area contributed by atoms with Crippen LogP contribution in [0.5, 0.6) is 0 Å². The number of dihydropyridines is 1. The first-order chi connectivity index (χ1) is 11.9. The molecule has 0 spiro atoms. The van der Waals surface area contributed by atoms with Crippen LogP contribution in [0.3, 0.4) is 0 Å². The summed E-state index contributed by atoms with van der Waals surface area (Å²) in [5, 5.41) is 21.9. The van der Waals surface area contributed by atoms with Gasteiger partial charge in [-0.25, -0.2) is 0 Å². The Morgan fingerprint density at radius 3 is 1.83 bits per heavy atom. The van der Waals surface area contributed by atoms with Gasteiger partial charge in [0.05, 0.1) is 18.5 Å². The lowest BCUT2D eigenvalue weighted by Crippen LogP contribution is -2.71. The zero-order valence-electron chi connectivity index (χ0n) is 14.5. The minimum atomic E-state index is 0.254. The monoisotopic (exact) mass is 332 g/mol. The molecule has 0 amide bonds. The van der Waals surface area contributed by atoms with Crippen molar-refractivity contribution >= 4 is 0 Å². The molecule has 0 bridgehead atoms. The van der Waals surface area contributed by atoms with Crippen LogP contribution in [-0.4, -0.2) is 51.2 Å². The summed E-state index contributed by atoms with van der Waals surface area (Å²) in [6.07, 6.45) is 12.7. The molecule has 0 radical (unpaired) electrons. The molecule has 4 aliphatic rings. The van der Waals surface area contributed by atoms with E-state index in [0.29, 0.717) is 24.2 Å². The standard InChI is InChI=1S/C18H32N6/c1-7-19-8-2-13(1)16-22-17(14-3-9-20-10-4-14)24-18(23-16)15-5-11-21-12-6-15/h1-2,7,14-24H,3-6,8-12H2. The third kappa shape index (κ3) is 3.83. The normalized spacial score (nSPS) is 36.2. The van der Waals surface area contributed by atoms with E-state index in [1.807, 2.05) is 0 Å². The molecule has 6 nitrogen and oxygen atoms in total. The first-order valence-electron chi connectivity index (χ1n) is 9.70. The van der Waals surface area contributed by atoms with E-state index in [2.05, 4.69) is 50.3 Å². The maximum absolute atomic E-state index is 3.92. The highest BCUT2D eigenvalue weighted by Gasteiger charge is 2.36. The van der Waals surface area contributed by atoms with Crippen LogP contribution in [-0.2, 0) is 0 Å². The second kappa shape index (κ2) is 7.97. The number of hydrogen-bond donors (Lipinski definition) is 6. The van der Waals surface area contributed by atoms with E-state index < -0.39 is 0 Å². The summed E-state index contributed by atoms with van der Waals surface area (Å²) >= 11 is 0. The number of nitrogens with one attached hydrogen (secondary N) is 6. The predicted octanol–water partition coefficient (Wildman–Crippen LogP) is -0.210. The third-order valence-corrected chi connectivity index (χ3v) is 5.94. The van der Waals surface area contributed by atoms with Gasteiger partial charge in [-0.3, -0.25) is 16.0 Å². The minimum absolute atomic E-state index is 0.254. The molecule has 4 rings (SSSR count). The van der Waals surface area contributed by atoms with E-state index in [1.54, 1.807) is 0 Å². The molecule has 6 heteroatoms. The van der Waals surface area contributed by atoms with Crippen molar-refractivity contribution in [1.82, 2.24) is 31.9 Å². The van der Waals surface area contributed by atoms with Gasteiger partial charge in [-0.1, -0.05) is 6.08 Å². The first-order valence-corrected chi connectivity index (χ1v) is 9.70. The lowest BCUT2D eigenvalue weighted by molar-refractivity contribution is 0.106. The van der Waals surface area contributed by atoms with Gasteiger partial charge >= 0.3 is 0 Å². The summed E-state index contributed by atoms with van der Waals surface area (Å²) < 4.78 is 0. The number of rotatable bonds is 3. The van der Waals surface area contributed by atoms with Crippen LogP contribution < -0.4 is 31.9 Å². The highest BCUT2D eigenvalue weighted by molar-refractivity contribution is 5.28. The topological polar surface area (TPSA) is 72.2 Å². The van der Waals surface area contributed by atoms with Crippen LogP contribution in [0.4, 0.5) is 0 Å². The van der Waals surface area contributed by atoms with Crippen LogP contribution in [0.2, 0.25) is 0 Å². The van der Waals surface area contributed by atoms with Crippen molar-refractivity contribution in [3.63, 3.8) is 0 Å². The summed E-state index contributed by atoms with van der Waals surface area (Å²) in [5.74, 6) is 1.43. The Morgan fingerprint density at radius 1 is 0.750 bits per heavy atom. The molecular weight excluding hydrogens is 300 g/mol. The second-order valence-corrected chi connectivity index (χ2v) is 7.51. The fourth-order valence-corrected chi connectivity index (χ4v) is 4.47. The van der Waals surface area contributed by atoms with E-state index in [1.165, 1.54) is 31.3 Å². The molecule has 0 aliphatic carbocycles. The lowest BCUT2D eigenvalue weighted by Gasteiger charge is -2.46. The molecule has 24 heavy (non-hydrogen) atoms. The molecule has 2 unspecified atom stereocenters. The molecular formula is C18H32N6. The smallest absolute Gasteiger partial charge is 0.0857 e. The van der Waals surface area contributed by atoms with Crippen molar-refractivity contribution in [1.29, 1.82) is 0 Å². The molecule has 6 N–H and O–H groups in total. The molecule has 0 saturated carbocycles. The Bertz CT molecular complexity index is 438. The fourth-order valence-electron chi connectivity index (χ4n) is 4.47. The molecule has 0 aromatic heterocycles. The third-order valence-electron chi connectivity index (χ3n) is 5.94. The average molecular weight is 332 g/mol. The van der Waals surface area contributed by atoms with E-state index in [0.717, 1.165) is 32.7 Å². The minimum Gasteiger partial charge on any atom is -0.387 e. The van der Waals surface area contributed by atoms with Crippen molar-refractivity contribution in [3.05, 3.63) is 23.9 Å². The number of hydrogen-bond acceptors (Lipinski definition) is 6. The molecule has 2 atom stereocenters. The van der Waals surface area contributed by atoms with Crippen molar-refractivity contribution in [2.75, 3.05) is 32.7 Å². The van der Waals surface area contributed by atoms with Crippen LogP contribution in [0, 0.1) is 11.8 Å². The van der Waals surface area contributed by atoms with Crippen molar-refractivity contribution in [2.24, 2.45) is 11.8 Å². The Balaban J connectivity index is 1.48. The first kappa shape index (κ1) is 16.5. The van der Waals surface area contributed by atoms with Crippen LogP contribution >= 0.6 is 0 Å². The number of piperidine rings is 2. The van der Waals surface area contributed by atoms with Crippen LogP contribution in [0.15, 0.2) is 23.9 Å². The Morgan fingerprint density at radius 2 is 1.33 bits per heavy atom. The van der Waals surface area contributed by atoms with Gasteiger partial charge in [0.1, 0.15) is 0 Å². The van der Waals surface area contributed by atoms with Gasteiger partial charge in [0.25, 0.3) is 0 Å². The maximum atomic E-state index is 3.92. The van der Waals surface area contributed by atoms with Crippen molar-refractivity contribution in [2.45, 2.75) is 44.2 Å². The van der Waals surface area contributed by atoms with Gasteiger partial charge in [0.2, 0.25) is 0 Å². The zero-order valence-corrected chi connectivity index (χ0v) is 14.5. The molecule has 134 valence electrons. The molecule has 3 fully saturated rings. The summed E-state index contributed by atoms with van der Waals surface area (Å²) in [5.41, 5.74) is 1.37. The summed E-state index contributed by atoms with van der Waals surface area (Å²) in [4.78, 5) is 0. The van der Waals surface area contributed by atoms with Gasteiger partial charge in [-0.2, -0.15) is 0 Å². The van der Waals surface area contributed by atoms with E-state index in [4.69, 9.17) is 0 Å². The van der Waals surface area contributed by atoms with Gasteiger partial charge in [-0.15, -0.1) is 0 Å². The van der Waals surface area contributed by atoms with E-state index >= 15 is 0 Å². The molecule has 4 heterocycles. The van der Waals surface area contributed by atoms with Gasteiger partial charge in [0, 0.05) is 6.54 Å². The van der Waals surface area contributed by atoms with Gasteiger partial charge < -0.3 is 16.0 Å². The summed E-state index contributed by atoms with van der Waals surface area (Å²) in [6.45, 7) is 5.51. The highest BCUT2D eigenvalue weighted by Crippen LogP contribution is 2.24. The average Bonchev–Trinajstić information content (AvgIpc) is 2.70. The summed E-state index contributed by atoms with van der Waals surface area (Å²) in [7, 11) is 0. The largest absolute Gasteiger partial charge is 0.387 e. The lowest BCUT2D eigenvalue weighted by atomic mass is 9.89. The SMILES string of the molecule is C1=CC(C2NC(C3CCNCC3)NC(C3CCNCC3)N2)=CCN1. The summed E-state index contributed by atoms with van der Waals surface area (Å²) in [6, 6.07) is 0. The Labute approximate surface area is 145 Å². The molecule has 0 aromatic rings. The second-order valence-electron chi connectivity index (χ2n) is 7.51. The van der Waals surface area contributed by atoms with Gasteiger partial charge in [0.15, 0.2) is 0 Å². The Kier molecular flexibility index (Phi) is 5.50. The van der Waals surface area contributed by atoms with Gasteiger partial charge in [-0.05, 0) is 81.5 Å². The molecule has 3 saturated heterocycles.